The molecule has 0 radical (unpaired) electrons. The van der Waals surface area contributed by atoms with Crippen LogP contribution in [0.5, 0.6) is 0 Å². The highest BCUT2D eigenvalue weighted by Gasteiger charge is 2.28. The second-order valence-corrected chi connectivity index (χ2v) is 7.28. The van der Waals surface area contributed by atoms with E-state index in [1.165, 1.54) is 6.20 Å². The maximum atomic E-state index is 12.9. The number of hydrogen-bond acceptors (Lipinski definition) is 7. The van der Waals surface area contributed by atoms with Crippen molar-refractivity contribution in [2.75, 3.05) is 23.7 Å². The number of carbonyl (C=O) groups excluding carboxylic acids is 1. The molecule has 10 heteroatoms. The normalized spacial score (nSPS) is 16.1. The molecule has 0 saturated carbocycles. The Morgan fingerprint density at radius 3 is 2.72 bits per heavy atom. The van der Waals surface area contributed by atoms with Gasteiger partial charge in [0.15, 0.2) is 23.1 Å². The number of benzene rings is 1. The minimum absolute atomic E-state index is 0.179. The van der Waals surface area contributed by atoms with Gasteiger partial charge in [0.25, 0.3) is 5.91 Å². The van der Waals surface area contributed by atoms with Gasteiger partial charge in [0.2, 0.25) is 0 Å². The van der Waals surface area contributed by atoms with Crippen molar-refractivity contribution in [2.24, 2.45) is 0 Å². The Balaban J connectivity index is 1.65. The van der Waals surface area contributed by atoms with E-state index in [-0.39, 0.29) is 18.1 Å². The lowest BCUT2D eigenvalue weighted by Gasteiger charge is -2.18. The molecule has 1 atom stereocenters. The van der Waals surface area contributed by atoms with Crippen LogP contribution in [0, 0.1) is 6.92 Å². The van der Waals surface area contributed by atoms with E-state index < -0.39 is 6.10 Å². The van der Waals surface area contributed by atoms with E-state index in [4.69, 9.17) is 11.6 Å². The third-order valence-corrected chi connectivity index (χ3v) is 4.75. The first kappa shape index (κ1) is 19.2. The van der Waals surface area contributed by atoms with Gasteiger partial charge in [-0.25, -0.2) is 9.97 Å². The molecule has 1 aliphatic rings. The van der Waals surface area contributed by atoms with Gasteiger partial charge in [0, 0.05) is 35.6 Å². The van der Waals surface area contributed by atoms with Gasteiger partial charge in [-0.1, -0.05) is 11.6 Å². The van der Waals surface area contributed by atoms with E-state index in [1.807, 2.05) is 13.0 Å². The number of nitrogens with zero attached hydrogens (tertiary/aromatic N) is 4. The van der Waals surface area contributed by atoms with Crippen LogP contribution in [0.1, 0.15) is 22.6 Å². The molecule has 9 nitrogen and oxygen atoms in total. The minimum atomic E-state index is -0.511. The SMILES string of the molecule is Cc1cc(Nc2cnc(C(=O)N3CC[C@@H](O)C3)c(Nc3ccc(Cl)cc3)n2)n[nH]1. The molecule has 2 aromatic heterocycles. The van der Waals surface area contributed by atoms with Crippen molar-refractivity contribution in [1.82, 2.24) is 25.1 Å². The van der Waals surface area contributed by atoms with Crippen LogP contribution < -0.4 is 10.6 Å². The Bertz CT molecular complexity index is 1020. The zero-order valence-corrected chi connectivity index (χ0v) is 16.4. The lowest BCUT2D eigenvalue weighted by Crippen LogP contribution is -2.31. The van der Waals surface area contributed by atoms with Crippen LogP contribution in [-0.4, -0.2) is 55.3 Å². The molecule has 29 heavy (non-hydrogen) atoms. The molecule has 4 rings (SSSR count). The summed E-state index contributed by atoms with van der Waals surface area (Å²) in [6.07, 6.45) is 1.53. The molecule has 1 fully saturated rings. The number of rotatable bonds is 5. The molecule has 3 heterocycles. The molecule has 1 amide bonds. The summed E-state index contributed by atoms with van der Waals surface area (Å²) in [6.45, 7) is 2.66. The fourth-order valence-electron chi connectivity index (χ4n) is 3.05. The van der Waals surface area contributed by atoms with Crippen LogP contribution >= 0.6 is 11.6 Å². The molecule has 0 bridgehead atoms. The molecule has 1 saturated heterocycles. The quantitative estimate of drug-likeness (QED) is 0.507. The molecule has 150 valence electrons. The Morgan fingerprint density at radius 2 is 2.07 bits per heavy atom. The predicted molar refractivity (Wildman–Crippen MR) is 110 cm³/mol. The van der Waals surface area contributed by atoms with E-state index in [2.05, 4.69) is 30.8 Å². The number of β-amino-alcohol motifs (C(OH)–C–C–N with tert-alkyl or cyclic N) is 1. The summed E-state index contributed by atoms with van der Waals surface area (Å²) in [5.41, 5.74) is 1.80. The topological polar surface area (TPSA) is 119 Å². The number of nitrogens with one attached hydrogen (secondary N) is 3. The van der Waals surface area contributed by atoms with E-state index in [0.29, 0.717) is 41.1 Å². The smallest absolute Gasteiger partial charge is 0.276 e. The summed E-state index contributed by atoms with van der Waals surface area (Å²) in [6, 6.07) is 8.89. The third-order valence-electron chi connectivity index (χ3n) is 4.49. The molecule has 3 aromatic rings. The average Bonchev–Trinajstić information content (AvgIpc) is 3.31. The number of H-pyrrole nitrogens is 1. The highest BCUT2D eigenvalue weighted by atomic mass is 35.5. The number of aliphatic hydroxyl groups is 1. The van der Waals surface area contributed by atoms with Crippen LogP contribution in [-0.2, 0) is 0 Å². The van der Waals surface area contributed by atoms with Gasteiger partial charge in [-0.15, -0.1) is 0 Å². The maximum absolute atomic E-state index is 12.9. The summed E-state index contributed by atoms with van der Waals surface area (Å²) >= 11 is 5.95. The number of amides is 1. The summed E-state index contributed by atoms with van der Waals surface area (Å²) in [5.74, 6) is 1.05. The van der Waals surface area contributed by atoms with E-state index in [0.717, 1.165) is 5.69 Å². The highest BCUT2D eigenvalue weighted by molar-refractivity contribution is 6.30. The first-order valence-electron chi connectivity index (χ1n) is 9.14. The fraction of sp³-hybridized carbons (Fsp3) is 0.263. The highest BCUT2D eigenvalue weighted by Crippen LogP contribution is 2.24. The summed E-state index contributed by atoms with van der Waals surface area (Å²) in [7, 11) is 0. The van der Waals surface area contributed by atoms with Crippen molar-refractivity contribution < 1.29 is 9.90 Å². The number of aromatic amines is 1. The largest absolute Gasteiger partial charge is 0.391 e. The number of anilines is 4. The summed E-state index contributed by atoms with van der Waals surface area (Å²) < 4.78 is 0. The average molecular weight is 414 g/mol. The van der Waals surface area contributed by atoms with Crippen molar-refractivity contribution >= 4 is 40.6 Å². The number of halogens is 1. The second kappa shape index (κ2) is 8.06. The Kier molecular flexibility index (Phi) is 5.32. The van der Waals surface area contributed by atoms with Crippen molar-refractivity contribution in [1.29, 1.82) is 0 Å². The van der Waals surface area contributed by atoms with Gasteiger partial charge in [-0.2, -0.15) is 5.10 Å². The molecule has 1 aromatic carbocycles. The predicted octanol–water partition coefficient (Wildman–Crippen LogP) is 2.86. The van der Waals surface area contributed by atoms with Crippen LogP contribution in [0.4, 0.5) is 23.1 Å². The van der Waals surface area contributed by atoms with Crippen molar-refractivity contribution in [3.05, 3.63) is 52.9 Å². The third kappa shape index (κ3) is 4.47. The van der Waals surface area contributed by atoms with Crippen LogP contribution in [0.25, 0.3) is 0 Å². The molecular formula is C19H20ClN7O2. The zero-order chi connectivity index (χ0) is 20.4. The van der Waals surface area contributed by atoms with Crippen LogP contribution in [0.2, 0.25) is 5.02 Å². The van der Waals surface area contributed by atoms with E-state index in [1.54, 1.807) is 29.2 Å². The Morgan fingerprint density at radius 1 is 1.28 bits per heavy atom. The number of hydrogen-bond donors (Lipinski definition) is 4. The lowest BCUT2D eigenvalue weighted by atomic mass is 10.3. The van der Waals surface area contributed by atoms with Crippen molar-refractivity contribution in [2.45, 2.75) is 19.4 Å². The summed E-state index contributed by atoms with van der Waals surface area (Å²) in [4.78, 5) is 23.4. The standard InChI is InChI=1S/C19H20ClN7O2/c1-11-8-15(26-25-11)23-16-9-21-17(19(29)27-7-6-14(28)10-27)18(24-16)22-13-4-2-12(20)3-5-13/h2-5,8-9,14,28H,6-7,10H2,1H3,(H3,22,23,24,25,26)/t14-/m1/s1. The van der Waals surface area contributed by atoms with Gasteiger partial charge in [-0.3, -0.25) is 9.89 Å². The van der Waals surface area contributed by atoms with Crippen molar-refractivity contribution in [3.63, 3.8) is 0 Å². The van der Waals surface area contributed by atoms with Gasteiger partial charge in [0.05, 0.1) is 12.3 Å². The number of aliphatic hydroxyl groups excluding tert-OH is 1. The van der Waals surface area contributed by atoms with Crippen LogP contribution in [0.15, 0.2) is 36.5 Å². The Labute approximate surface area is 172 Å². The molecule has 0 aliphatic carbocycles. The summed E-state index contributed by atoms with van der Waals surface area (Å²) in [5, 5.41) is 23.5. The first-order valence-corrected chi connectivity index (χ1v) is 9.52. The molecule has 0 spiro atoms. The molecule has 1 aliphatic heterocycles. The van der Waals surface area contributed by atoms with Gasteiger partial charge in [-0.05, 0) is 37.6 Å². The number of aromatic nitrogens is 4. The van der Waals surface area contributed by atoms with Gasteiger partial charge in [0.1, 0.15) is 0 Å². The number of likely N-dealkylation sites (tertiary alicyclic amines) is 1. The fourth-order valence-corrected chi connectivity index (χ4v) is 3.18. The van der Waals surface area contributed by atoms with E-state index in [9.17, 15) is 9.90 Å². The van der Waals surface area contributed by atoms with Crippen molar-refractivity contribution in [3.8, 4) is 0 Å². The molecular weight excluding hydrogens is 394 g/mol. The van der Waals surface area contributed by atoms with Crippen LogP contribution in [0.3, 0.4) is 0 Å². The van der Waals surface area contributed by atoms with Gasteiger partial charge < -0.3 is 20.6 Å². The number of carbonyl (C=O) groups is 1. The monoisotopic (exact) mass is 413 g/mol. The second-order valence-electron chi connectivity index (χ2n) is 6.84. The maximum Gasteiger partial charge on any atom is 0.276 e. The molecule has 4 N–H and O–H groups in total. The first-order chi connectivity index (χ1) is 14.0. The minimum Gasteiger partial charge on any atom is -0.391 e. The Hall–Kier alpha value is -3.17. The number of aryl methyl sites for hydroxylation is 1. The molecule has 0 unspecified atom stereocenters. The van der Waals surface area contributed by atoms with Gasteiger partial charge >= 0.3 is 0 Å². The zero-order valence-electron chi connectivity index (χ0n) is 15.7. The lowest BCUT2D eigenvalue weighted by molar-refractivity contribution is 0.0760. The van der Waals surface area contributed by atoms with E-state index >= 15 is 0 Å².